The average Bonchev–Trinajstić information content (AvgIpc) is 2.44. The van der Waals surface area contributed by atoms with Crippen LogP contribution in [0.25, 0.3) is 0 Å². The molecule has 2 aromatic carbocycles. The highest BCUT2D eigenvalue weighted by Gasteiger charge is 2.22. The molecule has 0 aliphatic rings. The van der Waals surface area contributed by atoms with Crippen molar-refractivity contribution in [3.05, 3.63) is 53.8 Å². The number of nitrogen functional groups attached to an aromatic ring is 1. The molecule has 2 rings (SSSR count). The summed E-state index contributed by atoms with van der Waals surface area (Å²) in [6.45, 7) is -0.101. The number of aromatic hydroxyl groups is 1. The van der Waals surface area contributed by atoms with Gasteiger partial charge in [-0.15, -0.1) is 0 Å². The van der Waals surface area contributed by atoms with E-state index in [0.717, 1.165) is 4.31 Å². The van der Waals surface area contributed by atoms with E-state index in [9.17, 15) is 17.9 Å². The molecule has 5 nitrogen and oxygen atoms in total. The van der Waals surface area contributed by atoms with Crippen molar-refractivity contribution >= 4 is 15.7 Å². The maximum atomic E-state index is 13.6. The van der Waals surface area contributed by atoms with Gasteiger partial charge in [-0.25, -0.2) is 12.8 Å². The van der Waals surface area contributed by atoms with Crippen molar-refractivity contribution in [3.63, 3.8) is 0 Å². The molecule has 0 aromatic heterocycles. The number of halogens is 1. The number of phenolic OH excluding ortho intramolecular Hbond substituents is 1. The molecule has 21 heavy (non-hydrogen) atoms. The molecule has 0 atom stereocenters. The lowest BCUT2D eigenvalue weighted by Gasteiger charge is -2.18. The van der Waals surface area contributed by atoms with Gasteiger partial charge in [0, 0.05) is 19.2 Å². The van der Waals surface area contributed by atoms with Crippen LogP contribution in [-0.2, 0) is 16.6 Å². The molecule has 3 N–H and O–H groups in total. The Hall–Kier alpha value is -2.12. The summed E-state index contributed by atoms with van der Waals surface area (Å²) in [6.07, 6.45) is 0. The number of nitrogens with zero attached hydrogens (tertiary/aromatic N) is 1. The Morgan fingerprint density at radius 2 is 1.90 bits per heavy atom. The number of hydrogen-bond acceptors (Lipinski definition) is 4. The maximum absolute atomic E-state index is 13.6. The first-order valence-corrected chi connectivity index (χ1v) is 7.54. The molecule has 0 heterocycles. The normalized spacial score (nSPS) is 11.8. The van der Waals surface area contributed by atoms with Gasteiger partial charge in [0.15, 0.2) is 0 Å². The van der Waals surface area contributed by atoms with E-state index in [0.29, 0.717) is 0 Å². The van der Waals surface area contributed by atoms with Crippen molar-refractivity contribution in [1.29, 1.82) is 0 Å². The van der Waals surface area contributed by atoms with Gasteiger partial charge in [-0.3, -0.25) is 0 Å². The standard InChI is InChI=1S/C14H15FN2O3S/c1-17(9-10-4-2-3-5-12(10)15)21(19,20)11-6-7-14(18)13(16)8-11/h2-8,18H,9,16H2,1H3. The van der Waals surface area contributed by atoms with Crippen molar-refractivity contribution in [2.75, 3.05) is 12.8 Å². The summed E-state index contributed by atoms with van der Waals surface area (Å²) in [5.74, 6) is -0.657. The van der Waals surface area contributed by atoms with Gasteiger partial charge >= 0.3 is 0 Å². The Morgan fingerprint density at radius 3 is 2.52 bits per heavy atom. The predicted octanol–water partition coefficient (Wildman–Crippen LogP) is 1.93. The first-order chi connectivity index (χ1) is 9.82. The Bertz CT molecular complexity index is 763. The molecule has 0 unspecified atom stereocenters. The number of hydrogen-bond donors (Lipinski definition) is 2. The van der Waals surface area contributed by atoms with Crippen LogP contribution in [0.15, 0.2) is 47.4 Å². The van der Waals surface area contributed by atoms with Gasteiger partial charge in [-0.05, 0) is 24.3 Å². The number of nitrogens with two attached hydrogens (primary N) is 1. The van der Waals surface area contributed by atoms with Crippen LogP contribution in [0.3, 0.4) is 0 Å². The minimum atomic E-state index is -3.82. The molecule has 0 aliphatic heterocycles. The smallest absolute Gasteiger partial charge is 0.243 e. The molecule has 0 saturated carbocycles. The zero-order valence-corrected chi connectivity index (χ0v) is 12.1. The lowest BCUT2D eigenvalue weighted by molar-refractivity contribution is 0.455. The zero-order chi connectivity index (χ0) is 15.6. The number of anilines is 1. The summed E-state index contributed by atoms with van der Waals surface area (Å²) in [5.41, 5.74) is 5.74. The second-order valence-corrected chi connectivity index (χ2v) is 6.62. The number of sulfonamides is 1. The summed E-state index contributed by atoms with van der Waals surface area (Å²) in [6, 6.07) is 9.59. The Labute approximate surface area is 122 Å². The van der Waals surface area contributed by atoms with E-state index in [4.69, 9.17) is 5.73 Å². The van der Waals surface area contributed by atoms with E-state index in [1.165, 1.54) is 43.4 Å². The molecule has 2 aromatic rings. The quantitative estimate of drug-likeness (QED) is 0.667. The van der Waals surface area contributed by atoms with Crippen molar-refractivity contribution < 1.29 is 17.9 Å². The first kappa shape index (κ1) is 15.3. The lowest BCUT2D eigenvalue weighted by atomic mass is 10.2. The fourth-order valence-electron chi connectivity index (χ4n) is 1.82. The van der Waals surface area contributed by atoms with Gasteiger partial charge in [-0.2, -0.15) is 4.31 Å². The molecule has 0 amide bonds. The van der Waals surface area contributed by atoms with Gasteiger partial charge in [0.2, 0.25) is 10.0 Å². The van der Waals surface area contributed by atoms with E-state index in [-0.39, 0.29) is 28.4 Å². The highest BCUT2D eigenvalue weighted by molar-refractivity contribution is 7.89. The van der Waals surface area contributed by atoms with Crippen molar-refractivity contribution in [2.24, 2.45) is 0 Å². The van der Waals surface area contributed by atoms with E-state index >= 15 is 0 Å². The zero-order valence-electron chi connectivity index (χ0n) is 11.3. The fourth-order valence-corrected chi connectivity index (χ4v) is 3.01. The molecule has 112 valence electrons. The molecule has 7 heteroatoms. The van der Waals surface area contributed by atoms with Gasteiger partial charge in [0.1, 0.15) is 11.6 Å². The summed E-state index contributed by atoms with van der Waals surface area (Å²) < 4.78 is 39.4. The van der Waals surface area contributed by atoms with Crippen molar-refractivity contribution in [2.45, 2.75) is 11.4 Å². The van der Waals surface area contributed by atoms with Gasteiger partial charge in [0.05, 0.1) is 10.6 Å². The molecule has 0 fully saturated rings. The number of phenols is 1. The predicted molar refractivity (Wildman–Crippen MR) is 77.6 cm³/mol. The van der Waals surface area contributed by atoms with Crippen LogP contribution in [0.5, 0.6) is 5.75 Å². The third-order valence-electron chi connectivity index (χ3n) is 3.06. The second-order valence-electron chi connectivity index (χ2n) is 4.57. The Balaban J connectivity index is 2.30. The van der Waals surface area contributed by atoms with Crippen LogP contribution in [-0.4, -0.2) is 24.9 Å². The molecule has 0 spiro atoms. The van der Waals surface area contributed by atoms with Gasteiger partial charge < -0.3 is 10.8 Å². The van der Waals surface area contributed by atoms with Crippen LogP contribution in [0.4, 0.5) is 10.1 Å². The van der Waals surface area contributed by atoms with Crippen molar-refractivity contribution in [3.8, 4) is 5.75 Å². The largest absolute Gasteiger partial charge is 0.506 e. The van der Waals surface area contributed by atoms with E-state index in [2.05, 4.69) is 0 Å². The Kier molecular flexibility index (Phi) is 4.15. The van der Waals surface area contributed by atoms with Crippen LogP contribution in [0.2, 0.25) is 0 Å². The average molecular weight is 310 g/mol. The van der Waals surface area contributed by atoms with Crippen LogP contribution < -0.4 is 5.73 Å². The van der Waals surface area contributed by atoms with Crippen LogP contribution in [0.1, 0.15) is 5.56 Å². The highest BCUT2D eigenvalue weighted by Crippen LogP contribution is 2.25. The summed E-state index contributed by atoms with van der Waals surface area (Å²) in [7, 11) is -2.47. The summed E-state index contributed by atoms with van der Waals surface area (Å²) in [4.78, 5) is -0.0587. The van der Waals surface area contributed by atoms with E-state index in [1.54, 1.807) is 6.07 Å². The third-order valence-corrected chi connectivity index (χ3v) is 4.86. The maximum Gasteiger partial charge on any atom is 0.243 e. The minimum absolute atomic E-state index is 0.0321. The molecule has 0 saturated heterocycles. The molecule has 0 bridgehead atoms. The Morgan fingerprint density at radius 1 is 1.24 bits per heavy atom. The monoisotopic (exact) mass is 310 g/mol. The summed E-state index contributed by atoms with van der Waals surface area (Å²) in [5, 5.41) is 9.34. The SMILES string of the molecule is CN(Cc1ccccc1F)S(=O)(=O)c1ccc(O)c(N)c1. The van der Waals surface area contributed by atoms with E-state index < -0.39 is 15.8 Å². The second kappa shape index (κ2) is 5.71. The van der Waals surface area contributed by atoms with Gasteiger partial charge in [0.25, 0.3) is 0 Å². The molecular formula is C14H15FN2O3S. The van der Waals surface area contributed by atoms with Crippen molar-refractivity contribution in [1.82, 2.24) is 4.31 Å². The number of rotatable bonds is 4. The first-order valence-electron chi connectivity index (χ1n) is 6.10. The fraction of sp³-hybridized carbons (Fsp3) is 0.143. The topological polar surface area (TPSA) is 83.6 Å². The number of benzene rings is 2. The lowest BCUT2D eigenvalue weighted by Crippen LogP contribution is -2.27. The van der Waals surface area contributed by atoms with Gasteiger partial charge in [-0.1, -0.05) is 18.2 Å². The molecule has 0 aliphatic carbocycles. The van der Waals surface area contributed by atoms with E-state index in [1.807, 2.05) is 0 Å². The van der Waals surface area contributed by atoms with Crippen LogP contribution in [0, 0.1) is 5.82 Å². The summed E-state index contributed by atoms with van der Waals surface area (Å²) >= 11 is 0. The van der Waals surface area contributed by atoms with Crippen LogP contribution >= 0.6 is 0 Å². The molecule has 0 radical (unpaired) electrons. The minimum Gasteiger partial charge on any atom is -0.506 e. The highest BCUT2D eigenvalue weighted by atomic mass is 32.2. The molecular weight excluding hydrogens is 295 g/mol. The third kappa shape index (κ3) is 3.14.